The fraction of sp³-hybridized carbons (Fsp3) is 0.500. The molecule has 1 aromatic rings. The van der Waals surface area contributed by atoms with Crippen LogP contribution in [0.3, 0.4) is 0 Å². The van der Waals surface area contributed by atoms with Gasteiger partial charge in [-0.3, -0.25) is 19.5 Å². The molecule has 0 unspecified atom stereocenters. The molecule has 1 saturated heterocycles. The zero-order valence-corrected chi connectivity index (χ0v) is 11.7. The second-order valence-electron chi connectivity index (χ2n) is 4.82. The summed E-state index contributed by atoms with van der Waals surface area (Å²) in [4.78, 5) is 31.1. The predicted octanol–water partition coefficient (Wildman–Crippen LogP) is -0.0245. The van der Waals surface area contributed by atoms with Crippen LogP contribution in [0.5, 0.6) is 0 Å². The van der Waals surface area contributed by atoms with Gasteiger partial charge in [-0.2, -0.15) is 0 Å². The van der Waals surface area contributed by atoms with Crippen LogP contribution in [0.1, 0.15) is 17.4 Å². The summed E-state index contributed by atoms with van der Waals surface area (Å²) in [7, 11) is 0. The van der Waals surface area contributed by atoms with Gasteiger partial charge in [0.25, 0.3) is 5.91 Å². The number of hydrogen-bond donors (Lipinski definition) is 1. The minimum Gasteiger partial charge on any atom is -0.349 e. The van der Waals surface area contributed by atoms with Crippen LogP contribution < -0.4 is 5.32 Å². The first-order valence-corrected chi connectivity index (χ1v) is 6.84. The Balaban J connectivity index is 1.67. The van der Waals surface area contributed by atoms with Crippen molar-refractivity contribution in [1.29, 1.82) is 0 Å². The summed E-state index contributed by atoms with van der Waals surface area (Å²) in [5, 5.41) is 2.86. The average Bonchev–Trinajstić information content (AvgIpc) is 2.48. The Morgan fingerprint density at radius 2 is 2.00 bits per heavy atom. The second kappa shape index (κ2) is 7.00. The number of pyridine rings is 1. The van der Waals surface area contributed by atoms with Gasteiger partial charge in [0.05, 0.1) is 0 Å². The molecular weight excluding hydrogens is 256 g/mol. The summed E-state index contributed by atoms with van der Waals surface area (Å²) < 4.78 is 0. The normalized spacial score (nSPS) is 15.9. The highest BCUT2D eigenvalue weighted by molar-refractivity contribution is 5.92. The van der Waals surface area contributed by atoms with Gasteiger partial charge in [0.2, 0.25) is 5.91 Å². The summed E-state index contributed by atoms with van der Waals surface area (Å²) in [6, 6.07) is 5.27. The van der Waals surface area contributed by atoms with E-state index in [1.165, 1.54) is 0 Å². The quantitative estimate of drug-likeness (QED) is 0.839. The van der Waals surface area contributed by atoms with Gasteiger partial charge in [-0.25, -0.2) is 0 Å². The van der Waals surface area contributed by atoms with Crippen molar-refractivity contribution in [2.45, 2.75) is 6.92 Å². The Morgan fingerprint density at radius 1 is 1.25 bits per heavy atom. The van der Waals surface area contributed by atoms with Crippen molar-refractivity contribution >= 4 is 11.8 Å². The summed E-state index contributed by atoms with van der Waals surface area (Å²) in [5.41, 5.74) is 0.439. The number of amides is 2. The molecule has 0 spiro atoms. The van der Waals surface area contributed by atoms with Crippen molar-refractivity contribution in [3.63, 3.8) is 0 Å². The molecule has 6 nitrogen and oxygen atoms in total. The average molecular weight is 276 g/mol. The van der Waals surface area contributed by atoms with E-state index in [2.05, 4.69) is 15.2 Å². The topological polar surface area (TPSA) is 65.5 Å². The Hall–Kier alpha value is -1.95. The van der Waals surface area contributed by atoms with E-state index in [0.29, 0.717) is 12.2 Å². The van der Waals surface area contributed by atoms with E-state index in [4.69, 9.17) is 0 Å². The Labute approximate surface area is 118 Å². The molecule has 0 bridgehead atoms. The van der Waals surface area contributed by atoms with E-state index in [-0.39, 0.29) is 11.8 Å². The van der Waals surface area contributed by atoms with Crippen molar-refractivity contribution in [3.05, 3.63) is 30.1 Å². The van der Waals surface area contributed by atoms with E-state index < -0.39 is 0 Å². The number of rotatable bonds is 4. The number of nitrogens with one attached hydrogen (secondary N) is 1. The minimum absolute atomic E-state index is 0.133. The lowest BCUT2D eigenvalue weighted by atomic mass is 10.3. The maximum absolute atomic E-state index is 11.8. The van der Waals surface area contributed by atoms with E-state index in [1.807, 2.05) is 4.90 Å². The first kappa shape index (κ1) is 14.5. The van der Waals surface area contributed by atoms with Gasteiger partial charge < -0.3 is 10.2 Å². The maximum Gasteiger partial charge on any atom is 0.269 e. The largest absolute Gasteiger partial charge is 0.349 e. The summed E-state index contributed by atoms with van der Waals surface area (Å²) >= 11 is 0. The lowest BCUT2D eigenvalue weighted by molar-refractivity contribution is -0.130. The van der Waals surface area contributed by atoms with Gasteiger partial charge in [0.1, 0.15) is 5.69 Å². The van der Waals surface area contributed by atoms with Crippen molar-refractivity contribution in [2.24, 2.45) is 0 Å². The predicted molar refractivity (Wildman–Crippen MR) is 75.3 cm³/mol. The van der Waals surface area contributed by atoms with Gasteiger partial charge in [-0.15, -0.1) is 0 Å². The number of aromatic nitrogens is 1. The highest BCUT2D eigenvalue weighted by atomic mass is 16.2. The maximum atomic E-state index is 11.8. The van der Waals surface area contributed by atoms with Crippen LogP contribution in [-0.2, 0) is 4.79 Å². The van der Waals surface area contributed by atoms with Crippen LogP contribution in [-0.4, -0.2) is 65.9 Å². The molecule has 1 aliphatic rings. The van der Waals surface area contributed by atoms with Crippen LogP contribution in [0, 0.1) is 0 Å². The van der Waals surface area contributed by atoms with Gasteiger partial charge >= 0.3 is 0 Å². The lowest BCUT2D eigenvalue weighted by Gasteiger charge is -2.34. The molecular formula is C14H20N4O2. The SMILES string of the molecule is CC(=O)N1CCN(CCNC(=O)c2ccccn2)CC1. The van der Waals surface area contributed by atoms with E-state index in [9.17, 15) is 9.59 Å². The first-order chi connectivity index (χ1) is 9.66. The van der Waals surface area contributed by atoms with E-state index in [1.54, 1.807) is 31.3 Å². The fourth-order valence-corrected chi connectivity index (χ4v) is 2.20. The molecule has 1 N–H and O–H groups in total. The minimum atomic E-state index is -0.145. The van der Waals surface area contributed by atoms with E-state index >= 15 is 0 Å². The fourth-order valence-electron chi connectivity index (χ4n) is 2.20. The monoisotopic (exact) mass is 276 g/mol. The van der Waals surface area contributed by atoms with Gasteiger partial charge in [-0.1, -0.05) is 6.07 Å². The highest BCUT2D eigenvalue weighted by Crippen LogP contribution is 2.01. The number of carbonyl (C=O) groups is 2. The number of piperazine rings is 1. The van der Waals surface area contributed by atoms with Crippen LogP contribution in [0.4, 0.5) is 0 Å². The molecule has 6 heteroatoms. The molecule has 0 atom stereocenters. The van der Waals surface area contributed by atoms with Crippen LogP contribution >= 0.6 is 0 Å². The third kappa shape index (κ3) is 4.03. The Morgan fingerprint density at radius 3 is 2.60 bits per heavy atom. The Bertz CT molecular complexity index is 456. The standard InChI is InChI=1S/C14H20N4O2/c1-12(19)18-10-8-17(9-11-18)7-6-16-14(20)13-4-2-3-5-15-13/h2-5H,6-11H2,1H3,(H,16,20). The second-order valence-corrected chi connectivity index (χ2v) is 4.82. The molecule has 2 heterocycles. The van der Waals surface area contributed by atoms with Crippen molar-refractivity contribution in [1.82, 2.24) is 20.1 Å². The molecule has 1 aliphatic heterocycles. The van der Waals surface area contributed by atoms with Crippen molar-refractivity contribution in [2.75, 3.05) is 39.3 Å². The number of nitrogens with zero attached hydrogens (tertiary/aromatic N) is 3. The smallest absolute Gasteiger partial charge is 0.269 e. The van der Waals surface area contributed by atoms with Gasteiger partial charge in [0.15, 0.2) is 0 Å². The molecule has 108 valence electrons. The van der Waals surface area contributed by atoms with Crippen molar-refractivity contribution in [3.8, 4) is 0 Å². The molecule has 2 amide bonds. The number of hydrogen-bond acceptors (Lipinski definition) is 4. The number of carbonyl (C=O) groups excluding carboxylic acids is 2. The molecule has 0 radical (unpaired) electrons. The molecule has 20 heavy (non-hydrogen) atoms. The van der Waals surface area contributed by atoms with Crippen LogP contribution in [0.15, 0.2) is 24.4 Å². The third-order valence-corrected chi connectivity index (χ3v) is 3.43. The Kier molecular flexibility index (Phi) is 5.06. The third-order valence-electron chi connectivity index (χ3n) is 3.43. The molecule has 1 aromatic heterocycles. The molecule has 2 rings (SSSR count). The summed E-state index contributed by atoms with van der Waals surface area (Å²) in [5.74, 6) is -0.0129. The molecule has 0 saturated carbocycles. The zero-order valence-electron chi connectivity index (χ0n) is 11.7. The van der Waals surface area contributed by atoms with Crippen molar-refractivity contribution < 1.29 is 9.59 Å². The highest BCUT2D eigenvalue weighted by Gasteiger charge is 2.18. The summed E-state index contributed by atoms with van der Waals surface area (Å²) in [6.07, 6.45) is 1.61. The first-order valence-electron chi connectivity index (χ1n) is 6.84. The van der Waals surface area contributed by atoms with E-state index in [0.717, 1.165) is 32.7 Å². The molecule has 0 aliphatic carbocycles. The van der Waals surface area contributed by atoms with Crippen LogP contribution in [0.25, 0.3) is 0 Å². The van der Waals surface area contributed by atoms with Crippen LogP contribution in [0.2, 0.25) is 0 Å². The zero-order chi connectivity index (χ0) is 14.4. The lowest BCUT2D eigenvalue weighted by Crippen LogP contribution is -2.49. The van der Waals surface area contributed by atoms with Gasteiger partial charge in [-0.05, 0) is 12.1 Å². The molecule has 0 aromatic carbocycles. The van der Waals surface area contributed by atoms with Gasteiger partial charge in [0, 0.05) is 52.4 Å². The molecule has 1 fully saturated rings. The summed E-state index contributed by atoms with van der Waals surface area (Å²) in [6.45, 7) is 6.24.